The van der Waals surface area contributed by atoms with Crippen LogP contribution in [0.15, 0.2) is 24.3 Å². The van der Waals surface area contributed by atoms with Gasteiger partial charge in [0.25, 0.3) is 0 Å². The molecule has 0 aromatic heterocycles. The second-order valence-corrected chi connectivity index (χ2v) is 38.5. The highest BCUT2D eigenvalue weighted by atomic mass is 28.3. The Balaban J connectivity index is 2.07. The second-order valence-electron chi connectivity index (χ2n) is 18.5. The predicted molar refractivity (Wildman–Crippen MR) is 232 cm³/mol. The molecule has 4 aromatic rings. The molecule has 0 amide bonds. The minimum absolute atomic E-state index is 0.139. The molecule has 0 radical (unpaired) electrons. The van der Waals surface area contributed by atoms with Crippen molar-refractivity contribution in [3.63, 3.8) is 0 Å². The number of ketones is 2. The summed E-state index contributed by atoms with van der Waals surface area (Å²) in [5.41, 5.74) is 1.26. The molecule has 5 rings (SSSR count). The molecule has 4 aromatic carbocycles. The molecule has 56 heavy (non-hydrogen) atoms. The Bertz CT molecular complexity index is 2120. The first kappa shape index (κ1) is 42.6. The first-order chi connectivity index (χ1) is 25.7. The van der Waals surface area contributed by atoms with Gasteiger partial charge in [-0.1, -0.05) is 78.6 Å². The number of rotatable bonds is 8. The van der Waals surface area contributed by atoms with Crippen molar-refractivity contribution in [2.24, 2.45) is 0 Å². The average Bonchev–Trinajstić information content (AvgIpc) is 3.10. The van der Waals surface area contributed by atoms with Crippen LogP contribution in [0.2, 0.25) is 78.6 Å². The van der Waals surface area contributed by atoms with Gasteiger partial charge in [0.2, 0.25) is 0 Å². The maximum atomic E-state index is 15.0. The van der Waals surface area contributed by atoms with Gasteiger partial charge in [-0.2, -0.15) is 0 Å². The molecule has 0 saturated carbocycles. The molecule has 0 fully saturated rings. The van der Waals surface area contributed by atoms with E-state index in [0.717, 1.165) is 0 Å². The predicted octanol–water partition coefficient (Wildman–Crippen LogP) is 6.10. The number of esters is 4. The van der Waals surface area contributed by atoms with Crippen molar-refractivity contribution in [1.82, 2.24) is 0 Å². The van der Waals surface area contributed by atoms with E-state index in [1.54, 1.807) is 24.3 Å². The van der Waals surface area contributed by atoms with E-state index in [1.807, 2.05) is 78.6 Å². The summed E-state index contributed by atoms with van der Waals surface area (Å²) < 4.78 is 21.3. The fourth-order valence-corrected chi connectivity index (χ4v) is 16.4. The molecule has 0 N–H and O–H groups in total. The minimum Gasteiger partial charge on any atom is -0.465 e. The molecule has 1 aliphatic rings. The number of methoxy groups -OCH3 is 4. The van der Waals surface area contributed by atoms with Gasteiger partial charge in [0.05, 0.1) is 83.0 Å². The number of hydrogen-bond donors (Lipinski definition) is 0. The molecule has 296 valence electrons. The van der Waals surface area contributed by atoms with Crippen molar-refractivity contribution in [3.05, 3.63) is 68.8 Å². The van der Waals surface area contributed by atoms with Crippen molar-refractivity contribution >= 4 is 110 Å². The summed E-state index contributed by atoms with van der Waals surface area (Å²) in [7, 11) is -5.07. The average molecular weight is 829 g/mol. The SMILES string of the molecule is COC(=O)c1c(C(=O)OC)c([Si](C)(C)C)c2cc3c(cc2c1[Si](C)(C)C)C(=O)c1cc2c([Si](C)(C)C)c(C(=O)OC)c(C(=O)OC)c([Si](C)(C)C)c2cc1C3=O. The third kappa shape index (κ3) is 6.73. The van der Waals surface area contributed by atoms with Crippen LogP contribution >= 0.6 is 0 Å². The Morgan fingerprint density at radius 3 is 0.643 bits per heavy atom. The van der Waals surface area contributed by atoms with Gasteiger partial charge >= 0.3 is 23.9 Å². The summed E-state index contributed by atoms with van der Waals surface area (Å²) in [5.74, 6) is -3.48. The fourth-order valence-electron chi connectivity index (χ4n) is 8.45. The van der Waals surface area contributed by atoms with Gasteiger partial charge < -0.3 is 18.9 Å². The third-order valence-electron chi connectivity index (χ3n) is 10.4. The van der Waals surface area contributed by atoms with E-state index >= 15 is 0 Å². The Morgan fingerprint density at radius 1 is 0.357 bits per heavy atom. The lowest BCUT2D eigenvalue weighted by molar-refractivity contribution is 0.0558. The number of carbonyl (C=O) groups is 6. The fraction of sp³-hybridized carbons (Fsp3) is 0.381. The number of hydrogen-bond acceptors (Lipinski definition) is 10. The van der Waals surface area contributed by atoms with Crippen molar-refractivity contribution in [3.8, 4) is 0 Å². The standard InChI is InChI=1S/C42H52O10Si4/c1-49-39(45)29-30(40(46)50-2)36(54(8,9)10)26-18-22-21(17-25(26)35(29)53(5,6)7)33(43)23-19-27-28(20-24(23)34(22)44)38(56(14,15)16)32(42(48)52-4)31(41(47)51-3)37(27)55(11,12)13/h17-20H,1-16H3. The van der Waals surface area contributed by atoms with E-state index in [4.69, 9.17) is 18.9 Å². The quantitative estimate of drug-likeness (QED) is 0.103. The molecular formula is C42H52O10Si4. The molecule has 1 aliphatic carbocycles. The molecule has 14 heteroatoms. The highest BCUT2D eigenvalue weighted by Gasteiger charge is 2.42. The normalized spacial score (nSPS) is 13.4. The molecule has 0 saturated heterocycles. The van der Waals surface area contributed by atoms with E-state index in [-0.39, 0.29) is 56.1 Å². The largest absolute Gasteiger partial charge is 0.465 e. The van der Waals surface area contributed by atoms with Gasteiger partial charge in [0, 0.05) is 22.3 Å². The van der Waals surface area contributed by atoms with E-state index in [2.05, 4.69) is 0 Å². The zero-order valence-electron chi connectivity index (χ0n) is 35.4. The van der Waals surface area contributed by atoms with Crippen LogP contribution in [0.25, 0.3) is 21.5 Å². The highest BCUT2D eigenvalue weighted by Crippen LogP contribution is 2.36. The Labute approximate surface area is 332 Å². The minimum atomic E-state index is -2.54. The summed E-state index contributed by atoms with van der Waals surface area (Å²) in [4.78, 5) is 85.0. The number of ether oxygens (including phenoxy) is 4. The summed E-state index contributed by atoms with van der Waals surface area (Å²) in [6.07, 6.45) is 0. The first-order valence-electron chi connectivity index (χ1n) is 18.5. The van der Waals surface area contributed by atoms with E-state index < -0.39 is 56.2 Å². The van der Waals surface area contributed by atoms with Crippen molar-refractivity contribution in [1.29, 1.82) is 0 Å². The molecule has 10 nitrogen and oxygen atoms in total. The number of fused-ring (bicyclic) bond motifs is 4. The maximum Gasteiger partial charge on any atom is 0.338 e. The highest BCUT2D eigenvalue weighted by molar-refractivity contribution is 6.95. The topological polar surface area (TPSA) is 139 Å². The van der Waals surface area contributed by atoms with Crippen molar-refractivity contribution in [2.45, 2.75) is 78.6 Å². The Kier molecular flexibility index (Phi) is 10.8. The summed E-state index contributed by atoms with van der Waals surface area (Å²) in [5, 5.41) is 5.02. The molecule has 0 aliphatic heterocycles. The Hall–Kier alpha value is -4.51. The van der Waals surface area contributed by atoms with Crippen LogP contribution in [0.1, 0.15) is 73.3 Å². The van der Waals surface area contributed by atoms with E-state index in [9.17, 15) is 28.8 Å². The van der Waals surface area contributed by atoms with Crippen LogP contribution in [-0.2, 0) is 18.9 Å². The Morgan fingerprint density at radius 2 is 0.518 bits per heavy atom. The van der Waals surface area contributed by atoms with Gasteiger partial charge in [-0.25, -0.2) is 19.2 Å². The third-order valence-corrected chi connectivity index (χ3v) is 18.5. The lowest BCUT2D eigenvalue weighted by Gasteiger charge is -2.32. The van der Waals surface area contributed by atoms with Gasteiger partial charge in [0.1, 0.15) is 0 Å². The van der Waals surface area contributed by atoms with Crippen LogP contribution in [0.5, 0.6) is 0 Å². The summed E-state index contributed by atoms with van der Waals surface area (Å²) in [6, 6.07) is 6.87. The molecule has 0 spiro atoms. The summed E-state index contributed by atoms with van der Waals surface area (Å²) in [6.45, 7) is 24.6. The van der Waals surface area contributed by atoms with Crippen LogP contribution in [0.4, 0.5) is 0 Å². The number of carbonyl (C=O) groups excluding carboxylic acids is 6. The molecule has 0 unspecified atom stereocenters. The maximum absolute atomic E-state index is 15.0. The van der Waals surface area contributed by atoms with Crippen LogP contribution < -0.4 is 20.7 Å². The number of benzene rings is 4. The summed E-state index contributed by atoms with van der Waals surface area (Å²) >= 11 is 0. The van der Waals surface area contributed by atoms with Gasteiger partial charge in [0.15, 0.2) is 11.6 Å². The lowest BCUT2D eigenvalue weighted by Crippen LogP contribution is -2.50. The molecule has 0 bridgehead atoms. The first-order valence-corrected chi connectivity index (χ1v) is 32.5. The van der Waals surface area contributed by atoms with Gasteiger partial charge in [-0.05, 0) is 66.6 Å². The zero-order valence-corrected chi connectivity index (χ0v) is 39.4. The van der Waals surface area contributed by atoms with Crippen molar-refractivity contribution < 1.29 is 47.7 Å². The molecule has 0 atom stereocenters. The van der Waals surface area contributed by atoms with Gasteiger partial charge in [-0.3, -0.25) is 9.59 Å². The second kappa shape index (κ2) is 14.1. The van der Waals surface area contributed by atoms with Crippen LogP contribution in [0.3, 0.4) is 0 Å². The zero-order chi connectivity index (χ0) is 42.4. The van der Waals surface area contributed by atoms with Crippen LogP contribution in [-0.4, -0.2) is 96.2 Å². The van der Waals surface area contributed by atoms with E-state index in [1.165, 1.54) is 28.4 Å². The monoisotopic (exact) mass is 828 g/mol. The molecular weight excluding hydrogens is 777 g/mol. The van der Waals surface area contributed by atoms with E-state index in [0.29, 0.717) is 42.3 Å². The van der Waals surface area contributed by atoms with Gasteiger partial charge in [-0.15, -0.1) is 0 Å². The lowest BCUT2D eigenvalue weighted by atomic mass is 9.80. The molecule has 0 heterocycles. The smallest absolute Gasteiger partial charge is 0.338 e. The van der Waals surface area contributed by atoms with Crippen LogP contribution in [0, 0.1) is 0 Å². The van der Waals surface area contributed by atoms with Crippen molar-refractivity contribution in [2.75, 3.05) is 28.4 Å².